The Kier molecular flexibility index (Phi) is 3.58. The van der Waals surface area contributed by atoms with E-state index in [9.17, 15) is 0 Å². The van der Waals surface area contributed by atoms with Crippen molar-refractivity contribution in [1.82, 2.24) is 0 Å². The standard InChI is InChI=1S/C14H20BrN/c1-3-12-4-6-13(7-5-12)16(2)11-14(10-15)8-9-14/h4-7H,3,8-11H2,1-2H3. The Balaban J connectivity index is 2.00. The van der Waals surface area contributed by atoms with Crippen LogP contribution in [0.1, 0.15) is 25.3 Å². The molecule has 0 unspecified atom stereocenters. The van der Waals surface area contributed by atoms with E-state index in [1.165, 1.54) is 30.6 Å². The molecule has 88 valence electrons. The van der Waals surface area contributed by atoms with E-state index in [2.05, 4.69) is 59.1 Å². The van der Waals surface area contributed by atoms with Crippen LogP contribution in [0.5, 0.6) is 0 Å². The quantitative estimate of drug-likeness (QED) is 0.741. The van der Waals surface area contributed by atoms with Crippen LogP contribution in [0.25, 0.3) is 0 Å². The molecule has 0 N–H and O–H groups in total. The van der Waals surface area contributed by atoms with Gasteiger partial charge in [-0.3, -0.25) is 0 Å². The summed E-state index contributed by atoms with van der Waals surface area (Å²) in [6.45, 7) is 3.37. The van der Waals surface area contributed by atoms with Crippen LogP contribution in [0.15, 0.2) is 24.3 Å². The SMILES string of the molecule is CCc1ccc(N(C)CC2(CBr)CC2)cc1. The Hall–Kier alpha value is -0.500. The minimum Gasteiger partial charge on any atom is -0.374 e. The first-order valence-electron chi connectivity index (χ1n) is 6.05. The number of alkyl halides is 1. The third-order valence-electron chi connectivity index (χ3n) is 3.60. The highest BCUT2D eigenvalue weighted by molar-refractivity contribution is 9.09. The number of hydrogen-bond donors (Lipinski definition) is 0. The molecule has 2 heteroatoms. The molecular weight excluding hydrogens is 262 g/mol. The van der Waals surface area contributed by atoms with Gasteiger partial charge in [-0.15, -0.1) is 0 Å². The van der Waals surface area contributed by atoms with Gasteiger partial charge in [0, 0.05) is 24.6 Å². The third-order valence-corrected chi connectivity index (χ3v) is 4.79. The Labute approximate surface area is 107 Å². The van der Waals surface area contributed by atoms with E-state index in [4.69, 9.17) is 0 Å². The molecule has 0 spiro atoms. The fourth-order valence-corrected chi connectivity index (χ4v) is 2.83. The van der Waals surface area contributed by atoms with Crippen LogP contribution in [-0.2, 0) is 6.42 Å². The summed E-state index contributed by atoms with van der Waals surface area (Å²) in [5.74, 6) is 0. The van der Waals surface area contributed by atoms with Gasteiger partial charge in [0.1, 0.15) is 0 Å². The van der Waals surface area contributed by atoms with Crippen LogP contribution in [0.4, 0.5) is 5.69 Å². The lowest BCUT2D eigenvalue weighted by atomic mass is 10.1. The molecule has 1 fully saturated rings. The smallest absolute Gasteiger partial charge is 0.0363 e. The molecule has 0 amide bonds. The lowest BCUT2D eigenvalue weighted by molar-refractivity contribution is 0.584. The predicted molar refractivity (Wildman–Crippen MR) is 74.6 cm³/mol. The third kappa shape index (κ3) is 2.60. The zero-order valence-corrected chi connectivity index (χ0v) is 11.8. The van der Waals surface area contributed by atoms with Gasteiger partial charge in [0.15, 0.2) is 0 Å². The number of benzene rings is 1. The van der Waals surface area contributed by atoms with Gasteiger partial charge >= 0.3 is 0 Å². The van der Waals surface area contributed by atoms with E-state index in [1.807, 2.05) is 0 Å². The number of anilines is 1. The Morgan fingerprint density at radius 2 is 1.88 bits per heavy atom. The second-order valence-corrected chi connectivity index (χ2v) is 5.57. The Morgan fingerprint density at radius 3 is 2.31 bits per heavy atom. The Bertz CT molecular complexity index is 340. The lowest BCUT2D eigenvalue weighted by Crippen LogP contribution is -2.27. The van der Waals surface area contributed by atoms with Crippen molar-refractivity contribution in [2.24, 2.45) is 5.41 Å². The summed E-state index contributed by atoms with van der Waals surface area (Å²) >= 11 is 3.63. The van der Waals surface area contributed by atoms with Crippen LogP contribution in [0.2, 0.25) is 0 Å². The average molecular weight is 282 g/mol. The van der Waals surface area contributed by atoms with Crippen LogP contribution >= 0.6 is 15.9 Å². The van der Waals surface area contributed by atoms with Gasteiger partial charge in [-0.1, -0.05) is 35.0 Å². The monoisotopic (exact) mass is 281 g/mol. The molecule has 0 radical (unpaired) electrons. The number of rotatable bonds is 5. The molecule has 1 aromatic carbocycles. The molecule has 1 aromatic rings. The van der Waals surface area contributed by atoms with E-state index in [-0.39, 0.29) is 0 Å². The summed E-state index contributed by atoms with van der Waals surface area (Å²) in [6, 6.07) is 8.95. The molecule has 0 heterocycles. The number of nitrogens with zero attached hydrogens (tertiary/aromatic N) is 1. The Morgan fingerprint density at radius 1 is 1.25 bits per heavy atom. The van der Waals surface area contributed by atoms with Crippen LogP contribution in [0, 0.1) is 5.41 Å². The van der Waals surface area contributed by atoms with Crippen molar-refractivity contribution in [2.75, 3.05) is 23.8 Å². The first-order valence-corrected chi connectivity index (χ1v) is 7.17. The summed E-state index contributed by atoms with van der Waals surface area (Å²) in [7, 11) is 2.20. The summed E-state index contributed by atoms with van der Waals surface area (Å²) in [5, 5.41) is 1.14. The minimum atomic E-state index is 0.554. The summed E-state index contributed by atoms with van der Waals surface area (Å²) in [5.41, 5.74) is 3.31. The van der Waals surface area contributed by atoms with Gasteiger partial charge in [-0.2, -0.15) is 0 Å². The van der Waals surface area contributed by atoms with Gasteiger partial charge in [-0.05, 0) is 42.4 Å². The molecule has 1 aliphatic carbocycles. The number of hydrogen-bond acceptors (Lipinski definition) is 1. The van der Waals surface area contributed by atoms with Crippen molar-refractivity contribution in [3.05, 3.63) is 29.8 Å². The molecular formula is C14H20BrN. The van der Waals surface area contributed by atoms with Crippen molar-refractivity contribution in [3.63, 3.8) is 0 Å². The van der Waals surface area contributed by atoms with Gasteiger partial charge < -0.3 is 4.90 Å². The maximum atomic E-state index is 3.63. The molecule has 0 aliphatic heterocycles. The maximum Gasteiger partial charge on any atom is 0.0363 e. The van der Waals surface area contributed by atoms with Gasteiger partial charge in [-0.25, -0.2) is 0 Å². The first-order chi connectivity index (χ1) is 7.69. The average Bonchev–Trinajstić information content (AvgIpc) is 3.09. The molecule has 0 aromatic heterocycles. The van der Waals surface area contributed by atoms with E-state index >= 15 is 0 Å². The highest BCUT2D eigenvalue weighted by atomic mass is 79.9. The van der Waals surface area contributed by atoms with Crippen molar-refractivity contribution in [1.29, 1.82) is 0 Å². The second-order valence-electron chi connectivity index (χ2n) is 5.01. The van der Waals surface area contributed by atoms with Gasteiger partial charge in [0.25, 0.3) is 0 Å². The molecule has 0 atom stereocenters. The normalized spacial score (nSPS) is 17.2. The molecule has 1 saturated carbocycles. The van der Waals surface area contributed by atoms with Crippen molar-refractivity contribution >= 4 is 21.6 Å². The minimum absolute atomic E-state index is 0.554. The number of halogens is 1. The molecule has 0 bridgehead atoms. The lowest BCUT2D eigenvalue weighted by Gasteiger charge is -2.24. The van der Waals surface area contributed by atoms with Crippen molar-refractivity contribution in [3.8, 4) is 0 Å². The van der Waals surface area contributed by atoms with Crippen LogP contribution in [-0.4, -0.2) is 18.9 Å². The molecule has 16 heavy (non-hydrogen) atoms. The van der Waals surface area contributed by atoms with E-state index in [0.717, 1.165) is 11.8 Å². The molecule has 1 aliphatic rings. The van der Waals surface area contributed by atoms with E-state index in [0.29, 0.717) is 5.41 Å². The van der Waals surface area contributed by atoms with Crippen molar-refractivity contribution < 1.29 is 0 Å². The maximum absolute atomic E-state index is 3.63. The van der Waals surface area contributed by atoms with Gasteiger partial charge in [0.2, 0.25) is 0 Å². The largest absolute Gasteiger partial charge is 0.374 e. The van der Waals surface area contributed by atoms with Gasteiger partial charge in [0.05, 0.1) is 0 Å². The van der Waals surface area contributed by atoms with Crippen LogP contribution in [0.3, 0.4) is 0 Å². The summed E-state index contributed by atoms with van der Waals surface area (Å²) in [6.07, 6.45) is 3.86. The predicted octanol–water partition coefficient (Wildman–Crippen LogP) is 3.86. The highest BCUT2D eigenvalue weighted by Gasteiger charge is 2.42. The second kappa shape index (κ2) is 4.79. The fourth-order valence-electron chi connectivity index (χ4n) is 2.09. The topological polar surface area (TPSA) is 3.24 Å². The van der Waals surface area contributed by atoms with Crippen LogP contribution < -0.4 is 4.90 Å². The van der Waals surface area contributed by atoms with Crippen molar-refractivity contribution in [2.45, 2.75) is 26.2 Å². The first kappa shape index (κ1) is 12.0. The molecule has 1 nitrogen and oxygen atoms in total. The molecule has 0 saturated heterocycles. The summed E-state index contributed by atoms with van der Waals surface area (Å²) < 4.78 is 0. The summed E-state index contributed by atoms with van der Waals surface area (Å²) in [4.78, 5) is 2.38. The zero-order valence-electron chi connectivity index (χ0n) is 10.2. The fraction of sp³-hybridized carbons (Fsp3) is 0.571. The van der Waals surface area contributed by atoms with E-state index < -0.39 is 0 Å². The zero-order chi connectivity index (χ0) is 11.6. The molecule has 2 rings (SSSR count). The highest BCUT2D eigenvalue weighted by Crippen LogP contribution is 2.47. The van der Waals surface area contributed by atoms with E-state index in [1.54, 1.807) is 0 Å². The number of aryl methyl sites for hydroxylation is 1.